The molecular formula is C15H9ClN4O5S. The third-order valence-electron chi connectivity index (χ3n) is 3.42. The van der Waals surface area contributed by atoms with Crippen molar-refractivity contribution in [1.29, 1.82) is 0 Å². The van der Waals surface area contributed by atoms with Gasteiger partial charge in [0.1, 0.15) is 0 Å². The molecule has 1 aromatic heterocycles. The predicted molar refractivity (Wildman–Crippen MR) is 96.7 cm³/mol. The first-order valence-corrected chi connectivity index (χ1v) is 8.45. The van der Waals surface area contributed by atoms with Gasteiger partial charge in [0.2, 0.25) is 0 Å². The Bertz CT molecular complexity index is 1070. The summed E-state index contributed by atoms with van der Waals surface area (Å²) < 4.78 is 0. The molecule has 0 saturated carbocycles. The lowest BCUT2D eigenvalue weighted by atomic mass is 10.2. The molecule has 0 aliphatic rings. The summed E-state index contributed by atoms with van der Waals surface area (Å²) in [6.07, 6.45) is 0. The maximum Gasteiger partial charge on any atom is 0.276 e. The number of nitro benzene ring substituents is 2. The van der Waals surface area contributed by atoms with Crippen molar-refractivity contribution < 1.29 is 9.85 Å². The molecule has 132 valence electrons. The van der Waals surface area contributed by atoms with Crippen LogP contribution in [0.15, 0.2) is 46.3 Å². The Morgan fingerprint density at radius 1 is 1.12 bits per heavy atom. The van der Waals surface area contributed by atoms with Crippen molar-refractivity contribution in [2.24, 2.45) is 0 Å². The third kappa shape index (κ3) is 3.65. The Morgan fingerprint density at radius 2 is 1.77 bits per heavy atom. The van der Waals surface area contributed by atoms with Crippen LogP contribution in [-0.2, 0) is 5.75 Å². The van der Waals surface area contributed by atoms with Crippen molar-refractivity contribution in [1.82, 2.24) is 9.97 Å². The highest BCUT2D eigenvalue weighted by Crippen LogP contribution is 2.28. The number of nitrogens with one attached hydrogen (secondary N) is 1. The number of aromatic nitrogens is 2. The van der Waals surface area contributed by atoms with Crippen LogP contribution in [0.3, 0.4) is 0 Å². The van der Waals surface area contributed by atoms with Crippen LogP contribution in [0, 0.1) is 20.2 Å². The van der Waals surface area contributed by atoms with Gasteiger partial charge >= 0.3 is 0 Å². The second kappa shape index (κ2) is 7.10. The Morgan fingerprint density at radius 3 is 2.38 bits per heavy atom. The highest BCUT2D eigenvalue weighted by molar-refractivity contribution is 7.98. The van der Waals surface area contributed by atoms with Crippen molar-refractivity contribution in [3.05, 3.63) is 77.6 Å². The SMILES string of the molecule is O=c1[nH]c(SCc2cc([N+](=O)[O-])cc([N+](=O)[O-])c2)nc2c(Cl)cccc12. The van der Waals surface area contributed by atoms with Gasteiger partial charge in [-0.2, -0.15) is 0 Å². The van der Waals surface area contributed by atoms with E-state index in [0.29, 0.717) is 21.5 Å². The fourth-order valence-electron chi connectivity index (χ4n) is 2.28. The normalized spacial score (nSPS) is 10.8. The molecule has 0 atom stereocenters. The number of halogens is 1. The largest absolute Gasteiger partial charge is 0.301 e. The average Bonchev–Trinajstić information content (AvgIpc) is 2.60. The van der Waals surface area contributed by atoms with E-state index in [4.69, 9.17) is 11.6 Å². The summed E-state index contributed by atoms with van der Waals surface area (Å²) in [7, 11) is 0. The maximum absolute atomic E-state index is 12.1. The first kappa shape index (κ1) is 17.8. The lowest BCUT2D eigenvalue weighted by Crippen LogP contribution is -2.09. The molecule has 0 bridgehead atoms. The van der Waals surface area contributed by atoms with E-state index in [1.54, 1.807) is 18.2 Å². The first-order valence-electron chi connectivity index (χ1n) is 7.09. The van der Waals surface area contributed by atoms with E-state index in [0.717, 1.165) is 17.8 Å². The molecule has 2 aromatic carbocycles. The Balaban J connectivity index is 1.93. The minimum Gasteiger partial charge on any atom is -0.301 e. The van der Waals surface area contributed by atoms with Crippen LogP contribution < -0.4 is 5.56 Å². The Labute approximate surface area is 154 Å². The van der Waals surface area contributed by atoms with Crippen LogP contribution in [0.1, 0.15) is 5.56 Å². The number of nitrogens with zero attached hydrogens (tertiary/aromatic N) is 3. The number of rotatable bonds is 5. The van der Waals surface area contributed by atoms with Crippen LogP contribution in [-0.4, -0.2) is 19.8 Å². The Kier molecular flexibility index (Phi) is 4.87. The number of benzene rings is 2. The summed E-state index contributed by atoms with van der Waals surface area (Å²) in [5.74, 6) is 0.140. The monoisotopic (exact) mass is 392 g/mol. The predicted octanol–water partition coefficient (Wildman–Crippen LogP) is 3.69. The van der Waals surface area contributed by atoms with Gasteiger partial charge < -0.3 is 4.98 Å². The van der Waals surface area contributed by atoms with E-state index >= 15 is 0 Å². The third-order valence-corrected chi connectivity index (χ3v) is 4.67. The first-order chi connectivity index (χ1) is 12.3. The van der Waals surface area contributed by atoms with Gasteiger partial charge in [-0.05, 0) is 17.7 Å². The molecular weight excluding hydrogens is 384 g/mol. The number of hydrogen-bond donors (Lipinski definition) is 1. The zero-order valence-corrected chi connectivity index (χ0v) is 14.4. The number of non-ortho nitro benzene ring substituents is 2. The van der Waals surface area contributed by atoms with E-state index in [1.807, 2.05) is 0 Å². The zero-order chi connectivity index (χ0) is 18.8. The summed E-state index contributed by atoms with van der Waals surface area (Å²) in [6, 6.07) is 8.21. The second-order valence-electron chi connectivity index (χ2n) is 5.17. The summed E-state index contributed by atoms with van der Waals surface area (Å²) >= 11 is 7.14. The molecule has 0 saturated heterocycles. The molecule has 11 heteroatoms. The van der Waals surface area contributed by atoms with Gasteiger partial charge in [0, 0.05) is 17.9 Å². The van der Waals surface area contributed by atoms with Crippen LogP contribution in [0.2, 0.25) is 5.02 Å². The van der Waals surface area contributed by atoms with Gasteiger partial charge in [-0.3, -0.25) is 25.0 Å². The van der Waals surface area contributed by atoms with Gasteiger partial charge in [-0.1, -0.05) is 29.4 Å². The topological polar surface area (TPSA) is 132 Å². The number of fused-ring (bicyclic) bond motifs is 1. The number of hydrogen-bond acceptors (Lipinski definition) is 7. The van der Waals surface area contributed by atoms with Gasteiger partial charge in [0.15, 0.2) is 5.16 Å². The number of H-pyrrole nitrogens is 1. The number of para-hydroxylation sites is 1. The zero-order valence-electron chi connectivity index (χ0n) is 12.8. The molecule has 0 aliphatic heterocycles. The molecule has 1 heterocycles. The van der Waals surface area contributed by atoms with Crippen molar-refractivity contribution >= 4 is 45.6 Å². The molecule has 0 spiro atoms. The van der Waals surface area contributed by atoms with Crippen molar-refractivity contribution in [3.8, 4) is 0 Å². The fraction of sp³-hybridized carbons (Fsp3) is 0.0667. The van der Waals surface area contributed by atoms with Crippen LogP contribution in [0.4, 0.5) is 11.4 Å². The van der Waals surface area contributed by atoms with Crippen molar-refractivity contribution in [2.45, 2.75) is 10.9 Å². The maximum atomic E-state index is 12.1. The van der Waals surface area contributed by atoms with E-state index in [2.05, 4.69) is 9.97 Å². The van der Waals surface area contributed by atoms with E-state index in [-0.39, 0.29) is 27.8 Å². The van der Waals surface area contributed by atoms with E-state index in [1.165, 1.54) is 12.1 Å². The minimum atomic E-state index is -0.697. The van der Waals surface area contributed by atoms with Gasteiger partial charge in [-0.25, -0.2) is 4.98 Å². The van der Waals surface area contributed by atoms with Crippen LogP contribution in [0.5, 0.6) is 0 Å². The molecule has 0 radical (unpaired) electrons. The molecule has 9 nitrogen and oxygen atoms in total. The van der Waals surface area contributed by atoms with Gasteiger partial charge in [0.25, 0.3) is 16.9 Å². The quantitative estimate of drug-likeness (QED) is 0.303. The molecule has 3 rings (SSSR count). The summed E-state index contributed by atoms with van der Waals surface area (Å²) in [4.78, 5) is 39.4. The number of nitro groups is 2. The molecule has 1 N–H and O–H groups in total. The molecule has 26 heavy (non-hydrogen) atoms. The highest BCUT2D eigenvalue weighted by atomic mass is 35.5. The fourth-order valence-corrected chi connectivity index (χ4v) is 3.28. The van der Waals surface area contributed by atoms with Crippen LogP contribution in [0.25, 0.3) is 10.9 Å². The molecule has 0 aliphatic carbocycles. The smallest absolute Gasteiger partial charge is 0.276 e. The summed E-state index contributed by atoms with van der Waals surface area (Å²) in [6.45, 7) is 0. The van der Waals surface area contributed by atoms with Crippen molar-refractivity contribution in [3.63, 3.8) is 0 Å². The molecule has 0 fully saturated rings. The second-order valence-corrected chi connectivity index (χ2v) is 6.54. The minimum absolute atomic E-state index is 0.140. The average molecular weight is 393 g/mol. The van der Waals surface area contributed by atoms with E-state index in [9.17, 15) is 25.0 Å². The lowest BCUT2D eigenvalue weighted by Gasteiger charge is -2.04. The highest BCUT2D eigenvalue weighted by Gasteiger charge is 2.17. The van der Waals surface area contributed by atoms with E-state index < -0.39 is 9.85 Å². The van der Waals surface area contributed by atoms with Crippen LogP contribution >= 0.6 is 23.4 Å². The lowest BCUT2D eigenvalue weighted by molar-refractivity contribution is -0.394. The number of thioether (sulfide) groups is 1. The summed E-state index contributed by atoms with van der Waals surface area (Å²) in [5, 5.41) is 22.8. The standard InChI is InChI=1S/C15H9ClN4O5S/c16-12-3-1-2-11-13(12)17-15(18-14(11)21)26-7-8-4-9(19(22)23)6-10(5-8)20(24)25/h1-6H,7H2,(H,17,18,21). The number of aromatic amines is 1. The van der Waals surface area contributed by atoms with Gasteiger partial charge in [-0.15, -0.1) is 0 Å². The van der Waals surface area contributed by atoms with Gasteiger partial charge in [0.05, 0.1) is 31.8 Å². The molecule has 0 unspecified atom stereocenters. The molecule has 0 amide bonds. The van der Waals surface area contributed by atoms with Crippen molar-refractivity contribution in [2.75, 3.05) is 0 Å². The Hall–Kier alpha value is -2.98. The summed E-state index contributed by atoms with van der Waals surface area (Å²) in [5.41, 5.74) is -0.427. The molecule has 3 aromatic rings.